The summed E-state index contributed by atoms with van der Waals surface area (Å²) in [7, 11) is 1.83. The number of halogens is 2. The Kier molecular flexibility index (Phi) is 6.04. The molecule has 1 aliphatic rings. The molecule has 0 atom stereocenters. The Morgan fingerprint density at radius 1 is 1.35 bits per heavy atom. The Labute approximate surface area is 146 Å². The second-order valence-electron chi connectivity index (χ2n) is 5.48. The van der Waals surface area contributed by atoms with E-state index in [1.807, 2.05) is 19.2 Å². The molecule has 5 nitrogen and oxygen atoms in total. The van der Waals surface area contributed by atoms with E-state index in [1.165, 1.54) is 0 Å². The number of rotatable bonds is 3. The van der Waals surface area contributed by atoms with Crippen LogP contribution in [0.5, 0.6) is 0 Å². The second-order valence-corrected chi connectivity index (χ2v) is 5.92. The van der Waals surface area contributed by atoms with E-state index >= 15 is 0 Å². The van der Waals surface area contributed by atoms with Gasteiger partial charge in [-0.1, -0.05) is 28.9 Å². The Balaban J connectivity index is 0.00000192. The van der Waals surface area contributed by atoms with Crippen LogP contribution in [0.2, 0.25) is 5.02 Å². The van der Waals surface area contributed by atoms with E-state index in [2.05, 4.69) is 10.5 Å². The number of hydrogen-bond donors (Lipinski definition) is 1. The zero-order chi connectivity index (χ0) is 15.5. The number of benzene rings is 1. The molecule has 0 spiro atoms. The summed E-state index contributed by atoms with van der Waals surface area (Å²) in [6.07, 6.45) is 1.92. The van der Waals surface area contributed by atoms with Crippen LogP contribution in [-0.4, -0.2) is 42.1 Å². The quantitative estimate of drug-likeness (QED) is 0.917. The molecule has 0 bridgehead atoms. The maximum atomic E-state index is 12.5. The third-order valence-electron chi connectivity index (χ3n) is 4.02. The van der Waals surface area contributed by atoms with Crippen LogP contribution >= 0.6 is 24.0 Å². The van der Waals surface area contributed by atoms with Crippen molar-refractivity contribution in [2.75, 3.05) is 20.1 Å². The molecule has 1 aliphatic heterocycles. The molecular formula is C16H19Cl2N3O2. The van der Waals surface area contributed by atoms with Crippen molar-refractivity contribution in [3.8, 4) is 11.3 Å². The summed E-state index contributed by atoms with van der Waals surface area (Å²) < 4.78 is 5.30. The highest BCUT2D eigenvalue weighted by atomic mass is 35.5. The van der Waals surface area contributed by atoms with Crippen molar-refractivity contribution in [1.29, 1.82) is 0 Å². The van der Waals surface area contributed by atoms with Crippen molar-refractivity contribution in [2.45, 2.75) is 18.9 Å². The summed E-state index contributed by atoms with van der Waals surface area (Å²) in [5, 5.41) is 7.83. The molecule has 3 rings (SSSR count). The van der Waals surface area contributed by atoms with E-state index in [4.69, 9.17) is 16.1 Å². The minimum Gasteiger partial charge on any atom is -0.355 e. The average molecular weight is 356 g/mol. The molecule has 1 saturated heterocycles. The summed E-state index contributed by atoms with van der Waals surface area (Å²) in [6, 6.07) is 9.21. The summed E-state index contributed by atoms with van der Waals surface area (Å²) in [5.41, 5.74) is 1.14. The highest BCUT2D eigenvalue weighted by Crippen LogP contribution is 2.24. The molecule has 2 heterocycles. The molecule has 0 aliphatic carbocycles. The first-order valence-corrected chi connectivity index (χ1v) is 7.73. The predicted octanol–water partition coefficient (Wildman–Crippen LogP) is 3.24. The summed E-state index contributed by atoms with van der Waals surface area (Å²) in [6.45, 7) is 1.88. The van der Waals surface area contributed by atoms with Crippen molar-refractivity contribution in [1.82, 2.24) is 15.4 Å². The summed E-state index contributed by atoms with van der Waals surface area (Å²) in [4.78, 5) is 14.3. The van der Waals surface area contributed by atoms with Crippen molar-refractivity contribution in [2.24, 2.45) is 0 Å². The van der Waals surface area contributed by atoms with Gasteiger partial charge in [0.05, 0.1) is 0 Å². The lowest BCUT2D eigenvalue weighted by atomic mass is 10.0. The standard InChI is InChI=1S/C16H18ClN3O2.ClH/c1-20(13-5-7-18-8-6-13)16(21)14-10-15(22-19-14)11-3-2-4-12(17)9-11;/h2-4,9-10,13,18H,5-8H2,1H3;1H. The summed E-state index contributed by atoms with van der Waals surface area (Å²) in [5.74, 6) is 0.438. The van der Waals surface area contributed by atoms with Gasteiger partial charge in [-0.2, -0.15) is 0 Å². The smallest absolute Gasteiger partial charge is 0.276 e. The van der Waals surface area contributed by atoms with Crippen LogP contribution in [0.1, 0.15) is 23.3 Å². The van der Waals surface area contributed by atoms with E-state index in [0.717, 1.165) is 31.5 Å². The molecule has 1 amide bonds. The molecule has 23 heavy (non-hydrogen) atoms. The van der Waals surface area contributed by atoms with Crippen molar-refractivity contribution in [3.63, 3.8) is 0 Å². The van der Waals surface area contributed by atoms with Gasteiger partial charge in [0, 0.05) is 29.7 Å². The van der Waals surface area contributed by atoms with Crippen LogP contribution in [0.15, 0.2) is 34.9 Å². The van der Waals surface area contributed by atoms with E-state index in [1.54, 1.807) is 23.1 Å². The van der Waals surface area contributed by atoms with E-state index in [0.29, 0.717) is 16.5 Å². The number of nitrogens with one attached hydrogen (secondary N) is 1. The van der Waals surface area contributed by atoms with Gasteiger partial charge in [0.2, 0.25) is 0 Å². The Morgan fingerprint density at radius 2 is 2.09 bits per heavy atom. The van der Waals surface area contributed by atoms with Crippen LogP contribution in [0.25, 0.3) is 11.3 Å². The van der Waals surface area contributed by atoms with E-state index < -0.39 is 0 Å². The topological polar surface area (TPSA) is 58.4 Å². The first-order valence-electron chi connectivity index (χ1n) is 7.35. The molecule has 7 heteroatoms. The molecule has 0 saturated carbocycles. The van der Waals surface area contributed by atoms with Gasteiger partial charge in [0.15, 0.2) is 11.5 Å². The van der Waals surface area contributed by atoms with Crippen LogP contribution in [0.4, 0.5) is 0 Å². The number of piperidine rings is 1. The van der Waals surface area contributed by atoms with E-state index in [-0.39, 0.29) is 24.4 Å². The molecule has 1 aromatic carbocycles. The Bertz CT molecular complexity index is 669. The molecule has 1 aromatic heterocycles. The predicted molar refractivity (Wildman–Crippen MR) is 92.2 cm³/mol. The van der Waals surface area contributed by atoms with Crippen molar-refractivity contribution in [3.05, 3.63) is 41.0 Å². The number of carbonyl (C=O) groups excluding carboxylic acids is 1. The van der Waals surface area contributed by atoms with Crippen LogP contribution < -0.4 is 5.32 Å². The van der Waals surface area contributed by atoms with Gasteiger partial charge in [-0.15, -0.1) is 12.4 Å². The molecule has 124 valence electrons. The largest absolute Gasteiger partial charge is 0.355 e. The van der Waals surface area contributed by atoms with Gasteiger partial charge in [0.25, 0.3) is 5.91 Å². The first kappa shape index (κ1) is 17.8. The fourth-order valence-corrected chi connectivity index (χ4v) is 2.88. The SMILES string of the molecule is CN(C(=O)c1cc(-c2cccc(Cl)c2)on1)C1CCNCC1.Cl. The molecular weight excluding hydrogens is 337 g/mol. The third kappa shape index (κ3) is 4.05. The minimum atomic E-state index is -0.107. The van der Waals surface area contributed by atoms with Crippen molar-refractivity contribution < 1.29 is 9.32 Å². The van der Waals surface area contributed by atoms with Gasteiger partial charge in [-0.25, -0.2) is 0 Å². The highest BCUT2D eigenvalue weighted by Gasteiger charge is 2.25. The van der Waals surface area contributed by atoms with Crippen molar-refractivity contribution >= 4 is 29.9 Å². The molecule has 1 fully saturated rings. The number of nitrogens with zero attached hydrogens (tertiary/aromatic N) is 2. The van der Waals surface area contributed by atoms with Crippen LogP contribution in [0.3, 0.4) is 0 Å². The van der Waals surface area contributed by atoms with Gasteiger partial charge < -0.3 is 14.7 Å². The van der Waals surface area contributed by atoms with Crippen LogP contribution in [-0.2, 0) is 0 Å². The fourth-order valence-electron chi connectivity index (χ4n) is 2.69. The second kappa shape index (κ2) is 7.81. The minimum absolute atomic E-state index is 0. The number of hydrogen-bond acceptors (Lipinski definition) is 4. The lowest BCUT2D eigenvalue weighted by Gasteiger charge is -2.31. The Hall–Kier alpha value is -1.56. The third-order valence-corrected chi connectivity index (χ3v) is 4.25. The molecule has 1 N–H and O–H groups in total. The van der Waals surface area contributed by atoms with Gasteiger partial charge >= 0.3 is 0 Å². The molecule has 0 unspecified atom stereocenters. The highest BCUT2D eigenvalue weighted by molar-refractivity contribution is 6.30. The molecule has 0 radical (unpaired) electrons. The zero-order valence-electron chi connectivity index (χ0n) is 12.8. The normalized spacial score (nSPS) is 15.0. The lowest BCUT2D eigenvalue weighted by Crippen LogP contribution is -2.44. The van der Waals surface area contributed by atoms with Gasteiger partial charge in [-0.05, 0) is 38.1 Å². The van der Waals surface area contributed by atoms with Gasteiger partial charge in [0.1, 0.15) is 0 Å². The zero-order valence-corrected chi connectivity index (χ0v) is 14.4. The number of carbonyl (C=O) groups is 1. The molecule has 2 aromatic rings. The number of aromatic nitrogens is 1. The maximum absolute atomic E-state index is 12.5. The summed E-state index contributed by atoms with van der Waals surface area (Å²) >= 11 is 5.97. The van der Waals surface area contributed by atoms with Crippen LogP contribution in [0, 0.1) is 0 Å². The fraction of sp³-hybridized carbons (Fsp3) is 0.375. The average Bonchev–Trinajstić information content (AvgIpc) is 3.04. The monoisotopic (exact) mass is 355 g/mol. The Morgan fingerprint density at radius 3 is 2.78 bits per heavy atom. The maximum Gasteiger partial charge on any atom is 0.276 e. The first-order chi connectivity index (χ1) is 10.6. The van der Waals surface area contributed by atoms with E-state index in [9.17, 15) is 4.79 Å². The van der Waals surface area contributed by atoms with Gasteiger partial charge in [-0.3, -0.25) is 4.79 Å². The number of amides is 1. The lowest BCUT2D eigenvalue weighted by molar-refractivity contribution is 0.0693.